The number of anilines is 3. The van der Waals surface area contributed by atoms with Crippen molar-refractivity contribution in [1.82, 2.24) is 4.57 Å². The molecule has 252 valence electrons. The van der Waals surface area contributed by atoms with E-state index in [9.17, 15) is 0 Å². The molecule has 0 aliphatic rings. The lowest BCUT2D eigenvalue weighted by molar-refractivity contribution is 1.18. The molecule has 0 bridgehead atoms. The molecule has 10 aromatic carbocycles. The number of hydrogen-bond donors (Lipinski definition) is 0. The van der Waals surface area contributed by atoms with Gasteiger partial charge in [0, 0.05) is 33.5 Å². The van der Waals surface area contributed by atoms with Gasteiger partial charge in [0.25, 0.3) is 0 Å². The Morgan fingerprint density at radius 2 is 0.833 bits per heavy atom. The number of fused-ring (bicyclic) bond motifs is 9. The van der Waals surface area contributed by atoms with Crippen LogP contribution >= 0.6 is 0 Å². The third kappa shape index (κ3) is 4.81. The highest BCUT2D eigenvalue weighted by Gasteiger charge is 2.19. The van der Waals surface area contributed by atoms with Crippen molar-refractivity contribution < 1.29 is 0 Å². The molecule has 0 saturated carbocycles. The van der Waals surface area contributed by atoms with Gasteiger partial charge in [-0.05, 0) is 115 Å². The van der Waals surface area contributed by atoms with E-state index >= 15 is 0 Å². The third-order valence-corrected chi connectivity index (χ3v) is 11.1. The minimum Gasteiger partial charge on any atom is -0.310 e. The number of hydrogen-bond acceptors (Lipinski definition) is 1. The molecular weight excluding hydrogens is 653 g/mol. The lowest BCUT2D eigenvalue weighted by atomic mass is 9.98. The van der Waals surface area contributed by atoms with Gasteiger partial charge in [-0.1, -0.05) is 146 Å². The number of rotatable bonds is 5. The zero-order valence-electron chi connectivity index (χ0n) is 29.5. The van der Waals surface area contributed by atoms with Gasteiger partial charge in [-0.2, -0.15) is 0 Å². The van der Waals surface area contributed by atoms with Gasteiger partial charge in [0.05, 0.1) is 11.0 Å². The lowest BCUT2D eigenvalue weighted by Gasteiger charge is -2.27. The highest BCUT2D eigenvalue weighted by atomic mass is 15.1. The van der Waals surface area contributed by atoms with Crippen LogP contribution in [0.2, 0.25) is 0 Å². The quantitative estimate of drug-likeness (QED) is 0.164. The van der Waals surface area contributed by atoms with E-state index in [0.29, 0.717) is 0 Å². The van der Waals surface area contributed by atoms with E-state index in [1.165, 1.54) is 76.0 Å². The van der Waals surface area contributed by atoms with Gasteiger partial charge in [0.15, 0.2) is 0 Å². The average Bonchev–Trinajstić information content (AvgIpc) is 3.58. The molecule has 0 fully saturated rings. The van der Waals surface area contributed by atoms with Crippen LogP contribution in [0.15, 0.2) is 206 Å². The molecule has 54 heavy (non-hydrogen) atoms. The summed E-state index contributed by atoms with van der Waals surface area (Å²) in [6.45, 7) is 0. The predicted octanol–water partition coefficient (Wildman–Crippen LogP) is 14.5. The molecule has 2 heteroatoms. The number of para-hydroxylation sites is 2. The van der Waals surface area contributed by atoms with Crippen molar-refractivity contribution in [3.05, 3.63) is 206 Å². The van der Waals surface area contributed by atoms with Crippen LogP contribution in [0.5, 0.6) is 0 Å². The van der Waals surface area contributed by atoms with Gasteiger partial charge < -0.3 is 9.47 Å². The van der Waals surface area contributed by atoms with Gasteiger partial charge in [0.1, 0.15) is 0 Å². The summed E-state index contributed by atoms with van der Waals surface area (Å²) in [6.07, 6.45) is 0. The molecule has 0 unspecified atom stereocenters. The Morgan fingerprint density at radius 3 is 1.52 bits per heavy atom. The summed E-state index contributed by atoms with van der Waals surface area (Å²) in [5, 5.41) is 12.5. The monoisotopic (exact) mass is 686 g/mol. The molecule has 11 rings (SSSR count). The van der Waals surface area contributed by atoms with E-state index in [2.05, 4.69) is 216 Å². The fourth-order valence-electron chi connectivity index (χ4n) is 8.65. The first kappa shape index (κ1) is 30.5. The second-order valence-corrected chi connectivity index (χ2v) is 14.2. The van der Waals surface area contributed by atoms with E-state index in [1.54, 1.807) is 0 Å². The number of benzene rings is 10. The predicted molar refractivity (Wildman–Crippen MR) is 231 cm³/mol. The standard InChI is InChI=1S/C52H34N2/c1-2-15-40(16-3-1)54-50-22-9-8-20-49(50)52-48(21-11-23-51(52)54)37-14-10-17-41(32-37)53(42-28-30-46-38(33-42)26-24-35-12-4-6-18-44(35)46)43-29-31-47-39(34-43)27-25-36-13-5-7-19-45(36)47/h1-34H. The van der Waals surface area contributed by atoms with Crippen molar-refractivity contribution in [2.24, 2.45) is 0 Å². The Labute approximate surface area is 313 Å². The van der Waals surface area contributed by atoms with Crippen LogP contribution in [0.3, 0.4) is 0 Å². The summed E-state index contributed by atoms with van der Waals surface area (Å²) in [6, 6.07) is 75.4. The molecule has 0 spiro atoms. The van der Waals surface area contributed by atoms with Crippen LogP contribution in [0.1, 0.15) is 0 Å². The van der Waals surface area contributed by atoms with Crippen molar-refractivity contribution in [2.75, 3.05) is 4.90 Å². The fourth-order valence-corrected chi connectivity index (χ4v) is 8.65. The molecule has 0 N–H and O–H groups in total. The summed E-state index contributed by atoms with van der Waals surface area (Å²) in [5.41, 5.74) is 9.31. The molecule has 0 saturated heterocycles. The highest BCUT2D eigenvalue weighted by molar-refractivity contribution is 6.16. The van der Waals surface area contributed by atoms with Crippen molar-refractivity contribution >= 4 is 82.0 Å². The molecule has 0 atom stereocenters. The smallest absolute Gasteiger partial charge is 0.0547 e. The van der Waals surface area contributed by atoms with Gasteiger partial charge in [-0.15, -0.1) is 0 Å². The van der Waals surface area contributed by atoms with Crippen LogP contribution < -0.4 is 4.90 Å². The Bertz CT molecular complexity index is 3110. The Kier molecular flexibility index (Phi) is 6.90. The molecule has 11 aromatic rings. The van der Waals surface area contributed by atoms with E-state index in [0.717, 1.165) is 22.7 Å². The normalized spacial score (nSPS) is 11.7. The minimum atomic E-state index is 1.11. The topological polar surface area (TPSA) is 8.17 Å². The van der Waals surface area contributed by atoms with E-state index in [1.807, 2.05) is 0 Å². The van der Waals surface area contributed by atoms with E-state index in [4.69, 9.17) is 0 Å². The van der Waals surface area contributed by atoms with Crippen LogP contribution in [-0.4, -0.2) is 4.57 Å². The third-order valence-electron chi connectivity index (χ3n) is 11.1. The van der Waals surface area contributed by atoms with E-state index < -0.39 is 0 Å². The molecular formula is C52H34N2. The second-order valence-electron chi connectivity index (χ2n) is 14.2. The molecule has 1 heterocycles. The SMILES string of the molecule is c1ccc(-n2c3ccccc3c3c(-c4cccc(N(c5ccc6c(ccc7ccccc76)c5)c5ccc6c(ccc7ccccc76)c5)c4)cccc32)cc1. The molecule has 0 aliphatic heterocycles. The van der Waals surface area contributed by atoms with Crippen LogP contribution in [-0.2, 0) is 0 Å². The summed E-state index contributed by atoms with van der Waals surface area (Å²) in [5.74, 6) is 0. The van der Waals surface area contributed by atoms with Crippen molar-refractivity contribution in [3.63, 3.8) is 0 Å². The minimum absolute atomic E-state index is 1.11. The van der Waals surface area contributed by atoms with Crippen LogP contribution in [0.4, 0.5) is 17.1 Å². The summed E-state index contributed by atoms with van der Waals surface area (Å²) < 4.78 is 2.39. The summed E-state index contributed by atoms with van der Waals surface area (Å²) in [4.78, 5) is 2.42. The van der Waals surface area contributed by atoms with Crippen molar-refractivity contribution in [1.29, 1.82) is 0 Å². The Morgan fingerprint density at radius 1 is 0.315 bits per heavy atom. The number of nitrogens with zero attached hydrogens (tertiary/aromatic N) is 2. The zero-order valence-corrected chi connectivity index (χ0v) is 29.5. The highest BCUT2D eigenvalue weighted by Crippen LogP contribution is 2.43. The van der Waals surface area contributed by atoms with Crippen LogP contribution in [0.25, 0.3) is 81.7 Å². The maximum absolute atomic E-state index is 2.42. The molecule has 0 aliphatic carbocycles. The van der Waals surface area contributed by atoms with E-state index in [-0.39, 0.29) is 0 Å². The first-order valence-corrected chi connectivity index (χ1v) is 18.6. The van der Waals surface area contributed by atoms with Gasteiger partial charge in [0.2, 0.25) is 0 Å². The number of aromatic nitrogens is 1. The molecule has 0 radical (unpaired) electrons. The maximum Gasteiger partial charge on any atom is 0.0547 e. The van der Waals surface area contributed by atoms with Crippen LogP contribution in [0, 0.1) is 0 Å². The first-order chi connectivity index (χ1) is 26.8. The fraction of sp³-hybridized carbons (Fsp3) is 0. The lowest BCUT2D eigenvalue weighted by Crippen LogP contribution is -2.10. The zero-order chi connectivity index (χ0) is 35.6. The Balaban J connectivity index is 1.13. The Hall–Kier alpha value is -7.16. The average molecular weight is 687 g/mol. The maximum atomic E-state index is 2.42. The van der Waals surface area contributed by atoms with Crippen molar-refractivity contribution in [2.45, 2.75) is 0 Å². The first-order valence-electron chi connectivity index (χ1n) is 18.6. The summed E-state index contributed by atoms with van der Waals surface area (Å²) >= 11 is 0. The molecule has 0 amide bonds. The largest absolute Gasteiger partial charge is 0.310 e. The van der Waals surface area contributed by atoms with Gasteiger partial charge in [-0.25, -0.2) is 0 Å². The summed E-state index contributed by atoms with van der Waals surface area (Å²) in [7, 11) is 0. The molecule has 2 nitrogen and oxygen atoms in total. The molecule has 1 aromatic heterocycles. The van der Waals surface area contributed by atoms with Gasteiger partial charge in [-0.3, -0.25) is 0 Å². The van der Waals surface area contributed by atoms with Gasteiger partial charge >= 0.3 is 0 Å². The van der Waals surface area contributed by atoms with Crippen molar-refractivity contribution in [3.8, 4) is 16.8 Å². The second kappa shape index (κ2) is 12.2.